The molecule has 8 aromatic carbocycles. The third-order valence-corrected chi connectivity index (χ3v) is 13.6. The predicted molar refractivity (Wildman–Crippen MR) is 281 cm³/mol. The molecule has 0 fully saturated rings. The lowest BCUT2D eigenvalue weighted by molar-refractivity contribution is 0.875. The van der Waals surface area contributed by atoms with E-state index in [9.17, 15) is 0 Å². The molecule has 0 saturated heterocycles. The van der Waals surface area contributed by atoms with E-state index in [0.29, 0.717) is 0 Å². The Balaban J connectivity index is 0.905. The van der Waals surface area contributed by atoms with Crippen LogP contribution in [0.4, 0.5) is 28.4 Å². The van der Waals surface area contributed by atoms with E-state index in [1.165, 1.54) is 83.0 Å². The number of para-hydroxylation sites is 3. The first kappa shape index (κ1) is 39.5. The first-order valence-electron chi connectivity index (χ1n) is 23.3. The average molecular weight is 851 g/mol. The minimum Gasteiger partial charge on any atom is -0.314 e. The molecular weight excluding hydrogens is 801 g/mol. The summed E-state index contributed by atoms with van der Waals surface area (Å²) in [5.74, 6) is 0. The highest BCUT2D eigenvalue weighted by Crippen LogP contribution is 2.43. The molecule has 318 valence electrons. The normalized spacial score (nSPS) is 13.9. The van der Waals surface area contributed by atoms with Crippen molar-refractivity contribution in [2.45, 2.75) is 39.5 Å². The molecule has 66 heavy (non-hydrogen) atoms. The Hall–Kier alpha value is -8.08. The zero-order valence-electron chi connectivity index (χ0n) is 37.4. The van der Waals surface area contributed by atoms with E-state index in [-0.39, 0.29) is 0 Å². The fourth-order valence-corrected chi connectivity index (χ4v) is 10.3. The lowest BCUT2D eigenvalue weighted by atomic mass is 10.0. The maximum Gasteiger partial charge on any atom is 0.0542 e. The van der Waals surface area contributed by atoms with Gasteiger partial charge in [0.15, 0.2) is 0 Å². The number of fused-ring (bicyclic) bond motifs is 6. The molecule has 4 heteroatoms. The Morgan fingerprint density at radius 3 is 1.50 bits per heavy atom. The van der Waals surface area contributed by atoms with Crippen LogP contribution in [0.1, 0.15) is 38.2 Å². The summed E-state index contributed by atoms with van der Waals surface area (Å²) in [5, 5.41) is 5.03. The van der Waals surface area contributed by atoms with Gasteiger partial charge in [0.1, 0.15) is 0 Å². The second-order valence-electron chi connectivity index (χ2n) is 17.8. The van der Waals surface area contributed by atoms with Crippen molar-refractivity contribution >= 4 is 77.7 Å². The number of allylic oxidation sites excluding steroid dienone is 8. The van der Waals surface area contributed by atoms with E-state index >= 15 is 0 Å². The quantitative estimate of drug-likeness (QED) is 0.144. The van der Waals surface area contributed by atoms with E-state index in [2.05, 4.69) is 251 Å². The lowest BCUT2D eigenvalue weighted by Crippen LogP contribution is -2.17. The number of aromatic nitrogens is 2. The summed E-state index contributed by atoms with van der Waals surface area (Å²) in [6.45, 7) is 4.38. The Labute approximate surface area is 386 Å². The third kappa shape index (κ3) is 6.94. The first-order valence-corrected chi connectivity index (χ1v) is 23.3. The highest BCUT2D eigenvalue weighted by molar-refractivity contribution is 6.12. The number of rotatable bonds is 9. The minimum absolute atomic E-state index is 0.990. The van der Waals surface area contributed by atoms with Crippen molar-refractivity contribution in [3.63, 3.8) is 0 Å². The zero-order valence-corrected chi connectivity index (χ0v) is 37.4. The van der Waals surface area contributed by atoms with Gasteiger partial charge in [-0.1, -0.05) is 120 Å². The van der Waals surface area contributed by atoms with Crippen LogP contribution in [0.25, 0.3) is 66.1 Å². The van der Waals surface area contributed by atoms with E-state index in [0.717, 1.165) is 54.1 Å². The van der Waals surface area contributed by atoms with Crippen molar-refractivity contribution in [3.8, 4) is 16.8 Å². The second kappa shape index (κ2) is 16.5. The van der Waals surface area contributed by atoms with E-state index in [4.69, 9.17) is 0 Å². The summed E-state index contributed by atoms with van der Waals surface area (Å²) >= 11 is 0. The summed E-state index contributed by atoms with van der Waals surface area (Å²) in [6.07, 6.45) is 15.5. The number of hydrogen-bond donors (Lipinski definition) is 0. The molecule has 0 saturated carbocycles. The van der Waals surface area contributed by atoms with Gasteiger partial charge in [-0.15, -0.1) is 0 Å². The molecule has 0 amide bonds. The van der Waals surface area contributed by atoms with Gasteiger partial charge in [0.2, 0.25) is 0 Å². The molecule has 0 atom stereocenters. The van der Waals surface area contributed by atoms with Crippen LogP contribution in [0, 0.1) is 6.92 Å². The topological polar surface area (TPSA) is 16.3 Å². The number of aryl methyl sites for hydroxylation is 1. The summed E-state index contributed by atoms with van der Waals surface area (Å²) < 4.78 is 4.85. The monoisotopic (exact) mass is 850 g/mol. The molecule has 2 heterocycles. The van der Waals surface area contributed by atoms with Crippen LogP contribution >= 0.6 is 0 Å². The number of hydrogen-bond acceptors (Lipinski definition) is 2. The van der Waals surface area contributed by atoms with Gasteiger partial charge in [-0.05, 0) is 160 Å². The molecule has 0 spiro atoms. The molecule has 0 unspecified atom stereocenters. The Morgan fingerprint density at radius 2 is 0.909 bits per heavy atom. The van der Waals surface area contributed by atoms with Gasteiger partial charge in [-0.3, -0.25) is 0 Å². The summed E-state index contributed by atoms with van der Waals surface area (Å²) in [4.78, 5) is 4.85. The lowest BCUT2D eigenvalue weighted by Gasteiger charge is -2.30. The Morgan fingerprint density at radius 1 is 0.394 bits per heavy atom. The fourth-order valence-electron chi connectivity index (χ4n) is 10.3. The van der Waals surface area contributed by atoms with Crippen molar-refractivity contribution in [2.24, 2.45) is 0 Å². The van der Waals surface area contributed by atoms with Gasteiger partial charge >= 0.3 is 0 Å². The molecule has 12 rings (SSSR count). The molecule has 2 aliphatic carbocycles. The maximum atomic E-state index is 2.47. The van der Waals surface area contributed by atoms with Crippen molar-refractivity contribution in [3.05, 3.63) is 235 Å². The highest BCUT2D eigenvalue weighted by atomic mass is 15.2. The summed E-state index contributed by atoms with van der Waals surface area (Å²) in [6, 6.07) is 69.3. The fraction of sp³-hybridized carbons (Fsp3) is 0.0968. The minimum atomic E-state index is 0.990. The second-order valence-corrected chi connectivity index (χ2v) is 17.8. The van der Waals surface area contributed by atoms with Gasteiger partial charge in [-0.2, -0.15) is 0 Å². The van der Waals surface area contributed by atoms with Gasteiger partial charge in [-0.25, -0.2) is 0 Å². The van der Waals surface area contributed by atoms with Gasteiger partial charge in [0.05, 0.1) is 22.1 Å². The molecular formula is C62H50N4. The SMILES string of the molecule is CC1=CC=C(N(c2ccc(-c3ccc(N(c4ccc(C)cc4)c4ccc5c(c4)c4ccccc4n5-c4ccccc4)cc3)cc2)c2ccc3c(c2)c2ccccc2n3C2=CC=CCC2)CC1. The molecule has 4 nitrogen and oxygen atoms in total. The summed E-state index contributed by atoms with van der Waals surface area (Å²) in [5.41, 5.74) is 19.4. The van der Waals surface area contributed by atoms with Crippen LogP contribution in [-0.4, -0.2) is 9.13 Å². The Kier molecular flexibility index (Phi) is 9.87. The Bertz CT molecular complexity index is 3580. The number of anilines is 5. The highest BCUT2D eigenvalue weighted by Gasteiger charge is 2.22. The van der Waals surface area contributed by atoms with Crippen molar-refractivity contribution in [1.29, 1.82) is 0 Å². The van der Waals surface area contributed by atoms with Crippen LogP contribution in [0.3, 0.4) is 0 Å². The zero-order chi connectivity index (χ0) is 44.1. The van der Waals surface area contributed by atoms with E-state index < -0.39 is 0 Å². The molecule has 0 radical (unpaired) electrons. The molecule has 2 aliphatic rings. The number of benzene rings is 8. The summed E-state index contributed by atoms with van der Waals surface area (Å²) in [7, 11) is 0. The van der Waals surface area contributed by atoms with Crippen LogP contribution in [-0.2, 0) is 0 Å². The van der Waals surface area contributed by atoms with E-state index in [1.54, 1.807) is 0 Å². The smallest absolute Gasteiger partial charge is 0.0542 e. The average Bonchev–Trinajstić information content (AvgIpc) is 3.89. The third-order valence-electron chi connectivity index (χ3n) is 13.6. The van der Waals surface area contributed by atoms with Crippen molar-refractivity contribution in [1.82, 2.24) is 9.13 Å². The van der Waals surface area contributed by atoms with Crippen molar-refractivity contribution < 1.29 is 0 Å². The van der Waals surface area contributed by atoms with Crippen LogP contribution < -0.4 is 9.80 Å². The predicted octanol–water partition coefficient (Wildman–Crippen LogP) is 17.3. The van der Waals surface area contributed by atoms with Crippen LogP contribution in [0.2, 0.25) is 0 Å². The van der Waals surface area contributed by atoms with Crippen LogP contribution in [0.5, 0.6) is 0 Å². The maximum absolute atomic E-state index is 2.47. The molecule has 0 N–H and O–H groups in total. The van der Waals surface area contributed by atoms with Gasteiger partial charge in [0.25, 0.3) is 0 Å². The molecule has 0 aliphatic heterocycles. The molecule has 0 bridgehead atoms. The van der Waals surface area contributed by atoms with Crippen LogP contribution in [0.15, 0.2) is 230 Å². The standard InChI is InChI=1S/C62H50N4/c1-43-21-29-49(30-22-43)63(53-37-39-61-57(41-53)55-17-9-11-19-59(55)65(61)47-13-5-3-6-14-47)51-33-25-45(26-34-51)46-27-35-52(36-28-46)64(50-31-23-44(2)24-32-50)54-38-40-62-58(42-54)56-18-10-12-20-60(56)66(62)48-15-7-4-8-16-48/h3-7,9-15,17-23,25-31,33-42H,8,16,24,32H2,1-2H3. The number of nitrogens with zero attached hydrogens (tertiary/aromatic N) is 4. The molecule has 10 aromatic rings. The first-order chi connectivity index (χ1) is 32.6. The largest absolute Gasteiger partial charge is 0.314 e. The van der Waals surface area contributed by atoms with E-state index in [1.807, 2.05) is 0 Å². The van der Waals surface area contributed by atoms with Gasteiger partial charge < -0.3 is 18.9 Å². The van der Waals surface area contributed by atoms with Crippen molar-refractivity contribution in [2.75, 3.05) is 9.80 Å². The van der Waals surface area contributed by atoms with Gasteiger partial charge in [0, 0.05) is 67.1 Å². The molecule has 2 aromatic heterocycles.